The van der Waals surface area contributed by atoms with Crippen LogP contribution in [0.4, 0.5) is 14.5 Å². The molecule has 0 aromatic heterocycles. The zero-order chi connectivity index (χ0) is 18.4. The zero-order valence-corrected chi connectivity index (χ0v) is 14.4. The molecule has 0 atom stereocenters. The average Bonchev–Trinajstić information content (AvgIpc) is 2.51. The highest BCUT2D eigenvalue weighted by atomic mass is 32.2. The molecule has 2 aromatic rings. The molecule has 1 N–H and O–H groups in total. The molecule has 0 spiro atoms. The lowest BCUT2D eigenvalue weighted by Gasteiger charge is -2.22. The number of halogens is 2. The minimum Gasteiger partial charge on any atom is -0.354 e. The Hall–Kier alpha value is -2.48. The largest absolute Gasteiger partial charge is 0.354 e. The highest BCUT2D eigenvalue weighted by molar-refractivity contribution is 7.92. The Labute approximate surface area is 145 Å². The van der Waals surface area contributed by atoms with E-state index in [9.17, 15) is 22.0 Å². The van der Waals surface area contributed by atoms with E-state index in [0.717, 1.165) is 22.7 Å². The number of hydrogen-bond donors (Lipinski definition) is 1. The number of carbonyl (C=O) groups is 1. The monoisotopic (exact) mass is 368 g/mol. The van der Waals surface area contributed by atoms with Gasteiger partial charge in [-0.25, -0.2) is 17.2 Å². The van der Waals surface area contributed by atoms with E-state index in [1.807, 2.05) is 0 Å². The van der Waals surface area contributed by atoms with Crippen molar-refractivity contribution in [1.82, 2.24) is 5.32 Å². The average molecular weight is 368 g/mol. The van der Waals surface area contributed by atoms with Crippen molar-refractivity contribution in [3.8, 4) is 0 Å². The van der Waals surface area contributed by atoms with Gasteiger partial charge in [-0.05, 0) is 42.0 Å². The van der Waals surface area contributed by atoms with E-state index in [2.05, 4.69) is 5.32 Å². The van der Waals surface area contributed by atoms with Crippen molar-refractivity contribution >= 4 is 21.6 Å². The van der Waals surface area contributed by atoms with Crippen molar-refractivity contribution in [3.05, 3.63) is 65.7 Å². The molecule has 0 fully saturated rings. The number of rotatable bonds is 7. The smallest absolute Gasteiger partial charge is 0.232 e. The second-order valence-corrected chi connectivity index (χ2v) is 7.38. The summed E-state index contributed by atoms with van der Waals surface area (Å²) in [5, 5.41) is 2.59. The molecule has 134 valence electrons. The van der Waals surface area contributed by atoms with Gasteiger partial charge in [-0.1, -0.05) is 12.1 Å². The van der Waals surface area contributed by atoms with E-state index < -0.39 is 21.7 Å². The molecule has 1 amide bonds. The third-order valence-corrected chi connectivity index (χ3v) is 4.60. The van der Waals surface area contributed by atoms with Crippen LogP contribution >= 0.6 is 0 Å². The van der Waals surface area contributed by atoms with Gasteiger partial charge in [0.05, 0.1) is 24.9 Å². The standard InChI is InChI=1S/C17H18F2N2O3S/c1-25(23,24)21(16-7-5-14(18)6-8-16)10-9-20-17(22)12-13-3-2-4-15(19)11-13/h2-8,11H,9-10,12H2,1H3,(H,20,22). The van der Waals surface area contributed by atoms with E-state index in [-0.39, 0.29) is 25.4 Å². The molecule has 2 aromatic carbocycles. The number of nitrogens with zero attached hydrogens (tertiary/aromatic N) is 1. The van der Waals surface area contributed by atoms with Crippen LogP contribution in [0.1, 0.15) is 5.56 Å². The summed E-state index contributed by atoms with van der Waals surface area (Å²) in [6.07, 6.45) is 1.03. The predicted molar refractivity (Wildman–Crippen MR) is 91.7 cm³/mol. The number of carbonyl (C=O) groups excluding carboxylic acids is 1. The fourth-order valence-corrected chi connectivity index (χ4v) is 3.21. The zero-order valence-electron chi connectivity index (χ0n) is 13.6. The van der Waals surface area contributed by atoms with Gasteiger partial charge in [-0.3, -0.25) is 9.10 Å². The Morgan fingerprint density at radius 3 is 2.36 bits per heavy atom. The van der Waals surface area contributed by atoms with Crippen LogP contribution in [0, 0.1) is 11.6 Å². The third-order valence-electron chi connectivity index (χ3n) is 3.41. The maximum absolute atomic E-state index is 13.1. The molecule has 2 rings (SSSR count). The minimum atomic E-state index is -3.58. The summed E-state index contributed by atoms with van der Waals surface area (Å²) in [6, 6.07) is 10.7. The van der Waals surface area contributed by atoms with Gasteiger partial charge in [0.2, 0.25) is 15.9 Å². The van der Waals surface area contributed by atoms with Crippen molar-refractivity contribution in [2.75, 3.05) is 23.7 Å². The summed E-state index contributed by atoms with van der Waals surface area (Å²) in [7, 11) is -3.58. The Kier molecular flexibility index (Phi) is 6.08. The first kappa shape index (κ1) is 18.9. The second-order valence-electron chi connectivity index (χ2n) is 5.47. The van der Waals surface area contributed by atoms with Gasteiger partial charge in [0.1, 0.15) is 11.6 Å². The molecule has 0 aliphatic rings. The molecule has 0 bridgehead atoms. The molecule has 0 radical (unpaired) electrons. The summed E-state index contributed by atoms with van der Waals surface area (Å²) in [6.45, 7) is 0.0674. The molecule has 0 aliphatic carbocycles. The fraction of sp³-hybridized carbons (Fsp3) is 0.235. The molecular formula is C17H18F2N2O3S. The van der Waals surface area contributed by atoms with Gasteiger partial charge in [0, 0.05) is 6.54 Å². The normalized spacial score (nSPS) is 11.2. The first-order valence-electron chi connectivity index (χ1n) is 7.50. The number of sulfonamides is 1. The maximum atomic E-state index is 13.1. The second kappa shape index (κ2) is 8.06. The van der Waals surface area contributed by atoms with Crippen LogP contribution in [-0.2, 0) is 21.2 Å². The van der Waals surface area contributed by atoms with Crippen molar-refractivity contribution in [2.45, 2.75) is 6.42 Å². The molecule has 0 heterocycles. The van der Waals surface area contributed by atoms with Crippen LogP contribution in [0.2, 0.25) is 0 Å². The summed E-state index contributed by atoms with van der Waals surface area (Å²) in [5.74, 6) is -1.25. The maximum Gasteiger partial charge on any atom is 0.232 e. The molecular weight excluding hydrogens is 350 g/mol. The topological polar surface area (TPSA) is 66.5 Å². The van der Waals surface area contributed by atoms with Crippen LogP contribution in [0.5, 0.6) is 0 Å². The summed E-state index contributed by atoms with van der Waals surface area (Å²) >= 11 is 0. The van der Waals surface area contributed by atoms with Gasteiger partial charge >= 0.3 is 0 Å². The highest BCUT2D eigenvalue weighted by Gasteiger charge is 2.17. The molecule has 25 heavy (non-hydrogen) atoms. The van der Waals surface area contributed by atoms with E-state index >= 15 is 0 Å². The van der Waals surface area contributed by atoms with Crippen molar-refractivity contribution in [2.24, 2.45) is 0 Å². The van der Waals surface area contributed by atoms with E-state index in [0.29, 0.717) is 11.3 Å². The predicted octanol–water partition coefficient (Wildman–Crippen LogP) is 2.09. The van der Waals surface area contributed by atoms with E-state index in [4.69, 9.17) is 0 Å². The van der Waals surface area contributed by atoms with Crippen LogP contribution < -0.4 is 9.62 Å². The van der Waals surface area contributed by atoms with Crippen molar-refractivity contribution in [3.63, 3.8) is 0 Å². The lowest BCUT2D eigenvalue weighted by Crippen LogP contribution is -2.38. The summed E-state index contributed by atoms with van der Waals surface area (Å²) in [4.78, 5) is 11.9. The van der Waals surface area contributed by atoms with Crippen LogP contribution in [0.15, 0.2) is 48.5 Å². The van der Waals surface area contributed by atoms with Crippen LogP contribution in [0.25, 0.3) is 0 Å². The van der Waals surface area contributed by atoms with Crippen LogP contribution in [0.3, 0.4) is 0 Å². The summed E-state index contributed by atoms with van der Waals surface area (Å²) < 4.78 is 51.0. The van der Waals surface area contributed by atoms with E-state index in [1.54, 1.807) is 6.07 Å². The SMILES string of the molecule is CS(=O)(=O)N(CCNC(=O)Cc1cccc(F)c1)c1ccc(F)cc1. The van der Waals surface area contributed by atoms with E-state index in [1.165, 1.54) is 30.3 Å². The number of benzene rings is 2. The first-order valence-corrected chi connectivity index (χ1v) is 9.35. The van der Waals surface area contributed by atoms with Gasteiger partial charge in [0.25, 0.3) is 0 Å². The Morgan fingerprint density at radius 2 is 1.76 bits per heavy atom. The molecule has 0 saturated carbocycles. The van der Waals surface area contributed by atoms with Crippen LogP contribution in [-0.4, -0.2) is 33.7 Å². The van der Waals surface area contributed by atoms with Gasteiger partial charge in [0.15, 0.2) is 0 Å². The number of nitrogens with one attached hydrogen (secondary N) is 1. The lowest BCUT2D eigenvalue weighted by atomic mass is 10.1. The minimum absolute atomic E-state index is 0.000638. The van der Waals surface area contributed by atoms with Crippen molar-refractivity contribution < 1.29 is 22.0 Å². The van der Waals surface area contributed by atoms with Crippen molar-refractivity contribution in [1.29, 1.82) is 0 Å². The first-order chi connectivity index (χ1) is 11.8. The quantitative estimate of drug-likeness (QED) is 0.814. The number of hydrogen-bond acceptors (Lipinski definition) is 3. The highest BCUT2D eigenvalue weighted by Crippen LogP contribution is 2.17. The van der Waals surface area contributed by atoms with Gasteiger partial charge in [-0.2, -0.15) is 0 Å². The Balaban J connectivity index is 1.95. The summed E-state index contributed by atoms with van der Waals surface area (Å²) in [5.41, 5.74) is 0.833. The lowest BCUT2D eigenvalue weighted by molar-refractivity contribution is -0.120. The third kappa shape index (κ3) is 5.82. The Bertz CT molecular complexity index is 839. The molecule has 0 unspecified atom stereocenters. The number of amides is 1. The molecule has 5 nitrogen and oxygen atoms in total. The molecule has 0 aliphatic heterocycles. The van der Waals surface area contributed by atoms with Gasteiger partial charge in [-0.15, -0.1) is 0 Å². The number of anilines is 1. The fourth-order valence-electron chi connectivity index (χ4n) is 2.29. The Morgan fingerprint density at radius 1 is 1.08 bits per heavy atom. The molecule has 0 saturated heterocycles. The molecule has 8 heteroatoms. The van der Waals surface area contributed by atoms with Gasteiger partial charge < -0.3 is 5.32 Å².